The summed E-state index contributed by atoms with van der Waals surface area (Å²) in [6.45, 7) is 8.31. The molecule has 2 aromatic carbocycles. The summed E-state index contributed by atoms with van der Waals surface area (Å²) in [5.74, 6) is 0.00810. The number of benzene rings is 2. The van der Waals surface area contributed by atoms with Gasteiger partial charge in [0.05, 0.1) is 4.92 Å². The highest BCUT2D eigenvalue weighted by Gasteiger charge is 2.25. The summed E-state index contributed by atoms with van der Waals surface area (Å²) in [6.07, 6.45) is 0. The molecule has 0 radical (unpaired) electrons. The first-order valence-electron chi connectivity index (χ1n) is 9.29. The SMILES string of the molecule is CC(=O)N1Cc2ccc(NC(=O)Nc3ccc(C(C)(C)C)c([N+](=O)[O-])c3)cc2C1. The molecule has 0 spiro atoms. The van der Waals surface area contributed by atoms with Gasteiger partial charge in [0.1, 0.15) is 0 Å². The van der Waals surface area contributed by atoms with Gasteiger partial charge in [-0.05, 0) is 40.8 Å². The Morgan fingerprint density at radius 1 is 1.00 bits per heavy atom. The van der Waals surface area contributed by atoms with Gasteiger partial charge in [-0.1, -0.05) is 26.8 Å². The molecule has 0 aliphatic carbocycles. The van der Waals surface area contributed by atoms with Crippen LogP contribution in [0.25, 0.3) is 0 Å². The van der Waals surface area contributed by atoms with E-state index in [0.717, 1.165) is 11.1 Å². The highest BCUT2D eigenvalue weighted by molar-refractivity contribution is 6.00. The molecule has 2 aromatic rings. The molecule has 2 N–H and O–H groups in total. The van der Waals surface area contributed by atoms with Gasteiger partial charge in [0, 0.05) is 43.0 Å². The number of carbonyl (C=O) groups is 2. The van der Waals surface area contributed by atoms with Crippen LogP contribution in [-0.4, -0.2) is 21.8 Å². The minimum atomic E-state index is -0.496. The second kappa shape index (κ2) is 7.54. The Balaban J connectivity index is 1.72. The normalized spacial score (nSPS) is 13.0. The third kappa shape index (κ3) is 4.53. The van der Waals surface area contributed by atoms with Gasteiger partial charge in [-0.3, -0.25) is 14.9 Å². The molecule has 1 aliphatic rings. The van der Waals surface area contributed by atoms with E-state index in [4.69, 9.17) is 0 Å². The van der Waals surface area contributed by atoms with E-state index in [-0.39, 0.29) is 17.0 Å². The van der Waals surface area contributed by atoms with Crippen molar-refractivity contribution >= 4 is 29.0 Å². The lowest BCUT2D eigenvalue weighted by Crippen LogP contribution is -2.21. The molecule has 0 fully saturated rings. The molecule has 0 saturated carbocycles. The van der Waals surface area contributed by atoms with Crippen molar-refractivity contribution in [2.45, 2.75) is 46.2 Å². The maximum Gasteiger partial charge on any atom is 0.323 e. The van der Waals surface area contributed by atoms with Gasteiger partial charge in [-0.15, -0.1) is 0 Å². The minimum absolute atomic E-state index is 0.00810. The largest absolute Gasteiger partial charge is 0.334 e. The average molecular weight is 396 g/mol. The predicted molar refractivity (Wildman–Crippen MR) is 111 cm³/mol. The van der Waals surface area contributed by atoms with Crippen LogP contribution in [-0.2, 0) is 23.3 Å². The summed E-state index contributed by atoms with van der Waals surface area (Å²) in [5.41, 5.74) is 3.15. The number of nitro benzene ring substituents is 1. The lowest BCUT2D eigenvalue weighted by molar-refractivity contribution is -0.385. The van der Waals surface area contributed by atoms with E-state index in [2.05, 4.69) is 10.6 Å². The molecule has 0 atom stereocenters. The van der Waals surface area contributed by atoms with Gasteiger partial charge >= 0.3 is 6.03 Å². The Bertz CT molecular complexity index is 995. The highest BCUT2D eigenvalue weighted by Crippen LogP contribution is 2.33. The van der Waals surface area contributed by atoms with E-state index in [1.165, 1.54) is 13.0 Å². The average Bonchev–Trinajstić information content (AvgIpc) is 3.04. The third-order valence-corrected chi connectivity index (χ3v) is 4.89. The first kappa shape index (κ1) is 20.3. The molecule has 8 heteroatoms. The predicted octanol–water partition coefficient (Wildman–Crippen LogP) is 4.40. The smallest absolute Gasteiger partial charge is 0.323 e. The summed E-state index contributed by atoms with van der Waals surface area (Å²) in [7, 11) is 0. The number of urea groups is 1. The molecule has 29 heavy (non-hydrogen) atoms. The number of amides is 3. The highest BCUT2D eigenvalue weighted by atomic mass is 16.6. The van der Waals surface area contributed by atoms with Crippen LogP contribution in [0.15, 0.2) is 36.4 Å². The Labute approximate surface area is 169 Å². The fourth-order valence-corrected chi connectivity index (χ4v) is 3.38. The van der Waals surface area contributed by atoms with E-state index in [1.807, 2.05) is 32.9 Å². The number of anilines is 2. The number of carbonyl (C=O) groups excluding carboxylic acids is 2. The number of nitro groups is 1. The van der Waals surface area contributed by atoms with Crippen LogP contribution in [0.3, 0.4) is 0 Å². The van der Waals surface area contributed by atoms with Crippen molar-refractivity contribution < 1.29 is 14.5 Å². The zero-order valence-electron chi connectivity index (χ0n) is 16.9. The molecular formula is C21H24N4O4. The molecule has 1 heterocycles. The van der Waals surface area contributed by atoms with Crippen molar-refractivity contribution in [3.05, 3.63) is 63.2 Å². The first-order valence-corrected chi connectivity index (χ1v) is 9.29. The molecule has 0 bridgehead atoms. The second-order valence-corrected chi connectivity index (χ2v) is 8.18. The summed E-state index contributed by atoms with van der Waals surface area (Å²) in [4.78, 5) is 36.6. The molecule has 152 valence electrons. The van der Waals surface area contributed by atoms with Crippen molar-refractivity contribution in [2.24, 2.45) is 0 Å². The number of hydrogen-bond donors (Lipinski definition) is 2. The molecule has 8 nitrogen and oxygen atoms in total. The zero-order chi connectivity index (χ0) is 21.3. The van der Waals surface area contributed by atoms with Crippen molar-refractivity contribution in [2.75, 3.05) is 10.6 Å². The van der Waals surface area contributed by atoms with Gasteiger partial charge in [0.15, 0.2) is 0 Å². The zero-order valence-corrected chi connectivity index (χ0v) is 16.9. The monoisotopic (exact) mass is 396 g/mol. The Morgan fingerprint density at radius 2 is 1.59 bits per heavy atom. The summed E-state index contributed by atoms with van der Waals surface area (Å²) in [5, 5.41) is 16.8. The molecule has 0 saturated heterocycles. The number of nitrogens with zero attached hydrogens (tertiary/aromatic N) is 2. The first-order chi connectivity index (χ1) is 13.5. The van der Waals surface area contributed by atoms with Crippen molar-refractivity contribution in [3.63, 3.8) is 0 Å². The fourth-order valence-electron chi connectivity index (χ4n) is 3.38. The van der Waals surface area contributed by atoms with Crippen molar-refractivity contribution in [1.29, 1.82) is 0 Å². The number of fused-ring (bicyclic) bond motifs is 1. The van der Waals surface area contributed by atoms with E-state index in [9.17, 15) is 19.7 Å². The van der Waals surface area contributed by atoms with Crippen LogP contribution >= 0.6 is 0 Å². The van der Waals surface area contributed by atoms with Gasteiger partial charge in [-0.25, -0.2) is 4.79 Å². The Hall–Kier alpha value is -3.42. The van der Waals surface area contributed by atoms with E-state index >= 15 is 0 Å². The molecule has 3 amide bonds. The fraction of sp³-hybridized carbons (Fsp3) is 0.333. The Morgan fingerprint density at radius 3 is 2.17 bits per heavy atom. The maximum atomic E-state index is 12.4. The molecule has 1 aliphatic heterocycles. The van der Waals surface area contributed by atoms with Crippen LogP contribution in [0.2, 0.25) is 0 Å². The third-order valence-electron chi connectivity index (χ3n) is 4.89. The lowest BCUT2D eigenvalue weighted by Gasteiger charge is -2.19. The van der Waals surface area contributed by atoms with Gasteiger partial charge < -0.3 is 15.5 Å². The molecular weight excluding hydrogens is 372 g/mol. The van der Waals surface area contributed by atoms with Crippen LogP contribution < -0.4 is 10.6 Å². The van der Waals surface area contributed by atoms with Crippen LogP contribution in [0.5, 0.6) is 0 Å². The minimum Gasteiger partial charge on any atom is -0.334 e. The Kier molecular flexibility index (Phi) is 5.28. The van der Waals surface area contributed by atoms with Gasteiger partial charge in [0.25, 0.3) is 5.69 Å². The van der Waals surface area contributed by atoms with Crippen LogP contribution in [0.4, 0.5) is 21.9 Å². The van der Waals surface area contributed by atoms with E-state index in [1.54, 1.807) is 23.1 Å². The van der Waals surface area contributed by atoms with Crippen molar-refractivity contribution in [1.82, 2.24) is 4.90 Å². The number of rotatable bonds is 3. The number of nitrogens with one attached hydrogen (secondary N) is 2. The van der Waals surface area contributed by atoms with Crippen molar-refractivity contribution in [3.8, 4) is 0 Å². The standard InChI is InChI=1S/C21H24N4O4/c1-13(26)24-11-14-5-6-16(9-15(14)12-24)22-20(27)23-17-7-8-18(21(2,3)4)19(10-17)25(28)29/h5-10H,11-12H2,1-4H3,(H2,22,23,27). The number of hydrogen-bond acceptors (Lipinski definition) is 4. The molecule has 3 rings (SSSR count). The topological polar surface area (TPSA) is 105 Å². The van der Waals surface area contributed by atoms with Gasteiger partial charge in [0.2, 0.25) is 5.91 Å². The van der Waals surface area contributed by atoms with Gasteiger partial charge in [-0.2, -0.15) is 0 Å². The summed E-state index contributed by atoms with van der Waals surface area (Å²) in [6, 6.07) is 9.69. The second-order valence-electron chi connectivity index (χ2n) is 8.18. The van der Waals surface area contributed by atoms with Crippen LogP contribution in [0, 0.1) is 10.1 Å². The summed E-state index contributed by atoms with van der Waals surface area (Å²) < 4.78 is 0. The van der Waals surface area contributed by atoms with E-state index < -0.39 is 11.0 Å². The van der Waals surface area contributed by atoms with Crippen LogP contribution in [0.1, 0.15) is 44.4 Å². The lowest BCUT2D eigenvalue weighted by atomic mass is 9.85. The quantitative estimate of drug-likeness (QED) is 0.593. The van der Waals surface area contributed by atoms with E-state index in [0.29, 0.717) is 30.0 Å². The summed E-state index contributed by atoms with van der Waals surface area (Å²) >= 11 is 0. The maximum absolute atomic E-state index is 12.4. The molecule has 0 unspecified atom stereocenters. The molecule has 0 aromatic heterocycles.